The number of aromatic nitrogens is 2. The molecule has 0 spiro atoms. The zero-order valence-corrected chi connectivity index (χ0v) is 20.0. The largest absolute Gasteiger partial charge is 0.334 e. The Morgan fingerprint density at radius 1 is 1.19 bits per heavy atom. The molecule has 2 bridgehead atoms. The Morgan fingerprint density at radius 3 is 2.50 bits per heavy atom. The Bertz CT molecular complexity index is 1150. The Labute approximate surface area is 190 Å². The fourth-order valence-corrected chi connectivity index (χ4v) is 9.04. The maximum absolute atomic E-state index is 14.1. The molecule has 3 heterocycles. The van der Waals surface area contributed by atoms with Crippen molar-refractivity contribution in [2.24, 2.45) is 12.5 Å². The van der Waals surface area contributed by atoms with Crippen molar-refractivity contribution in [1.82, 2.24) is 19.0 Å². The average Bonchev–Trinajstić information content (AvgIpc) is 3.24. The smallest absolute Gasteiger partial charge is 0.247 e. The first-order chi connectivity index (χ1) is 15.1. The molecular weight excluding hydrogens is 424 g/mol. The van der Waals surface area contributed by atoms with Crippen LogP contribution in [0.25, 0.3) is 0 Å². The van der Waals surface area contributed by atoms with Gasteiger partial charge in [-0.1, -0.05) is 37.3 Å². The lowest BCUT2D eigenvalue weighted by molar-refractivity contribution is -0.142. The van der Waals surface area contributed by atoms with E-state index < -0.39 is 10.0 Å². The van der Waals surface area contributed by atoms with E-state index >= 15 is 0 Å². The van der Waals surface area contributed by atoms with Crippen LogP contribution in [0, 0.1) is 12.3 Å². The van der Waals surface area contributed by atoms with E-state index in [1.807, 2.05) is 23.1 Å². The second kappa shape index (κ2) is 7.42. The van der Waals surface area contributed by atoms with Gasteiger partial charge in [-0.2, -0.15) is 9.40 Å². The Kier molecular flexibility index (Phi) is 5.02. The topological polar surface area (TPSA) is 75.5 Å². The number of aryl methyl sites for hydroxylation is 2. The van der Waals surface area contributed by atoms with Gasteiger partial charge < -0.3 is 4.90 Å². The second-order valence-electron chi connectivity index (χ2n) is 10.0. The van der Waals surface area contributed by atoms with Crippen LogP contribution in [0.1, 0.15) is 50.8 Å². The number of piperidine rings is 1. The van der Waals surface area contributed by atoms with E-state index in [0.717, 1.165) is 31.2 Å². The van der Waals surface area contributed by atoms with Crippen LogP contribution in [0.2, 0.25) is 0 Å². The predicted molar refractivity (Wildman–Crippen MR) is 121 cm³/mol. The van der Waals surface area contributed by atoms with Gasteiger partial charge in [-0.15, -0.1) is 0 Å². The summed E-state index contributed by atoms with van der Waals surface area (Å²) in [7, 11) is -2.00. The van der Waals surface area contributed by atoms with Crippen LogP contribution in [0.4, 0.5) is 0 Å². The summed E-state index contributed by atoms with van der Waals surface area (Å²) in [6, 6.07) is 9.67. The van der Waals surface area contributed by atoms with Gasteiger partial charge in [0.05, 0.1) is 11.7 Å². The lowest BCUT2D eigenvalue weighted by atomic mass is 9.64. The second-order valence-corrected chi connectivity index (χ2v) is 11.8. The highest BCUT2D eigenvalue weighted by Gasteiger charge is 2.66. The minimum absolute atomic E-state index is 0.0457. The van der Waals surface area contributed by atoms with E-state index in [1.165, 1.54) is 0 Å². The fourth-order valence-electron chi connectivity index (χ4n) is 6.86. The van der Waals surface area contributed by atoms with Crippen LogP contribution in [-0.4, -0.2) is 57.5 Å². The van der Waals surface area contributed by atoms with Gasteiger partial charge in [0.1, 0.15) is 4.90 Å². The molecule has 7 nitrogen and oxygen atoms in total. The first-order valence-electron chi connectivity index (χ1n) is 11.5. The van der Waals surface area contributed by atoms with Crippen molar-refractivity contribution in [3.63, 3.8) is 0 Å². The minimum Gasteiger partial charge on any atom is -0.334 e. The molecule has 0 N–H and O–H groups in total. The van der Waals surface area contributed by atoms with Crippen molar-refractivity contribution in [2.45, 2.75) is 81.9 Å². The molecule has 172 valence electrons. The van der Waals surface area contributed by atoms with Gasteiger partial charge in [0, 0.05) is 43.7 Å². The van der Waals surface area contributed by atoms with E-state index in [2.05, 4.69) is 24.2 Å². The average molecular weight is 457 g/mol. The van der Waals surface area contributed by atoms with Gasteiger partial charge in [0.15, 0.2) is 0 Å². The summed E-state index contributed by atoms with van der Waals surface area (Å²) in [5, 5.41) is 4.31. The quantitative estimate of drug-likeness (QED) is 0.709. The van der Waals surface area contributed by atoms with Crippen molar-refractivity contribution in [3.05, 3.63) is 47.8 Å². The number of amides is 1. The number of carbonyl (C=O) groups is 1. The number of hydrogen-bond donors (Lipinski definition) is 0. The number of carbonyl (C=O) groups excluding carboxylic acids is 1. The monoisotopic (exact) mass is 456 g/mol. The number of hydrogen-bond acceptors (Lipinski definition) is 4. The Morgan fingerprint density at radius 2 is 1.88 bits per heavy atom. The third-order valence-electron chi connectivity index (χ3n) is 8.07. The standard InChI is InChI=1S/C24H32N4O3S/c1-16-21(15-26(4)25-16)32(30,31)28-20-14-24(3)22(11-8-12-23(24)28)27(17(2)29)19(20)13-18-9-6-5-7-10-18/h5-7,9-10,15,19-20,22-23H,8,11-14H2,1-4H3/t19-,20-,22+,23-,24+/m0/s1. The van der Waals surface area contributed by atoms with E-state index in [1.54, 1.807) is 36.1 Å². The number of nitrogens with zero attached hydrogens (tertiary/aromatic N) is 4. The van der Waals surface area contributed by atoms with Crippen LogP contribution in [0.3, 0.4) is 0 Å². The molecule has 32 heavy (non-hydrogen) atoms. The first kappa shape index (κ1) is 21.6. The highest BCUT2D eigenvalue weighted by atomic mass is 32.2. The summed E-state index contributed by atoms with van der Waals surface area (Å²) in [6.07, 6.45) is 5.77. The van der Waals surface area contributed by atoms with Gasteiger partial charge in [-0.05, 0) is 44.6 Å². The first-order valence-corrected chi connectivity index (χ1v) is 12.9. The van der Waals surface area contributed by atoms with Crippen molar-refractivity contribution in [2.75, 3.05) is 0 Å². The molecule has 2 aliphatic heterocycles. The van der Waals surface area contributed by atoms with E-state index in [4.69, 9.17) is 0 Å². The zero-order chi connectivity index (χ0) is 22.8. The van der Waals surface area contributed by atoms with E-state index in [0.29, 0.717) is 12.1 Å². The molecule has 2 aromatic rings. The third kappa shape index (κ3) is 3.06. The van der Waals surface area contributed by atoms with Crippen LogP contribution in [0.15, 0.2) is 41.4 Å². The molecule has 1 saturated carbocycles. The molecule has 5 atom stereocenters. The summed E-state index contributed by atoms with van der Waals surface area (Å²) in [5.74, 6) is 0.0457. The number of fused-ring (bicyclic) bond motifs is 1. The lowest BCUT2D eigenvalue weighted by Gasteiger charge is -2.53. The van der Waals surface area contributed by atoms with Crippen molar-refractivity contribution >= 4 is 15.9 Å². The van der Waals surface area contributed by atoms with Crippen LogP contribution < -0.4 is 0 Å². The van der Waals surface area contributed by atoms with Gasteiger partial charge in [-0.3, -0.25) is 9.48 Å². The number of likely N-dealkylation sites (tertiary alicyclic amines) is 1. The molecule has 0 unspecified atom stereocenters. The molecule has 0 radical (unpaired) electrons. The Balaban J connectivity index is 1.65. The van der Waals surface area contributed by atoms with Crippen molar-refractivity contribution < 1.29 is 13.2 Å². The highest BCUT2D eigenvalue weighted by Crippen LogP contribution is 2.58. The molecule has 1 aromatic carbocycles. The van der Waals surface area contributed by atoms with Crippen LogP contribution >= 0.6 is 0 Å². The zero-order valence-electron chi connectivity index (χ0n) is 19.2. The summed E-state index contributed by atoms with van der Waals surface area (Å²) in [5.41, 5.74) is 1.42. The number of rotatable bonds is 4. The third-order valence-corrected chi connectivity index (χ3v) is 10.1. The summed E-state index contributed by atoms with van der Waals surface area (Å²) >= 11 is 0. The van der Waals surface area contributed by atoms with Crippen LogP contribution in [0.5, 0.6) is 0 Å². The molecule has 5 rings (SSSR count). The van der Waals surface area contributed by atoms with E-state index in [-0.39, 0.29) is 40.4 Å². The normalized spacial score (nSPS) is 32.3. The molecule has 2 saturated heterocycles. The predicted octanol–water partition coefficient (Wildman–Crippen LogP) is 2.89. The fraction of sp³-hybridized carbons (Fsp3) is 0.583. The summed E-state index contributed by atoms with van der Waals surface area (Å²) < 4.78 is 31.6. The maximum Gasteiger partial charge on any atom is 0.247 e. The highest BCUT2D eigenvalue weighted by molar-refractivity contribution is 7.89. The Hall–Kier alpha value is -2.19. The van der Waals surface area contributed by atoms with Crippen LogP contribution in [-0.2, 0) is 28.3 Å². The summed E-state index contributed by atoms with van der Waals surface area (Å²) in [6.45, 7) is 5.60. The SMILES string of the molecule is CC(=O)N1[C@@H](Cc2ccccc2)[C@@H]2C[C@@]3(C)[C@H](CCC[C@@H]13)N2S(=O)(=O)c1cn(C)nc1C. The molecule has 3 fully saturated rings. The minimum atomic E-state index is -3.75. The molecule has 3 aliphatic rings. The molecule has 8 heteroatoms. The molecule has 1 aromatic heterocycles. The molecular formula is C24H32N4O3S. The molecule has 1 amide bonds. The molecule has 1 aliphatic carbocycles. The number of benzene rings is 1. The van der Waals surface area contributed by atoms with Crippen molar-refractivity contribution in [3.8, 4) is 0 Å². The van der Waals surface area contributed by atoms with Crippen molar-refractivity contribution in [1.29, 1.82) is 0 Å². The summed E-state index contributed by atoms with van der Waals surface area (Å²) in [4.78, 5) is 15.3. The lowest BCUT2D eigenvalue weighted by Crippen LogP contribution is -2.62. The van der Waals surface area contributed by atoms with Gasteiger partial charge >= 0.3 is 0 Å². The van der Waals surface area contributed by atoms with E-state index in [9.17, 15) is 13.2 Å². The van der Waals surface area contributed by atoms with Gasteiger partial charge in [-0.25, -0.2) is 8.42 Å². The van der Waals surface area contributed by atoms with Gasteiger partial charge in [0.25, 0.3) is 0 Å². The number of sulfonamides is 1. The maximum atomic E-state index is 14.1. The van der Waals surface area contributed by atoms with Gasteiger partial charge in [0.2, 0.25) is 15.9 Å².